The molecule has 0 aliphatic carbocycles. The summed E-state index contributed by atoms with van der Waals surface area (Å²) >= 11 is 3.18. The molecule has 0 aromatic carbocycles. The maximum Gasteiger partial charge on any atom is 0.331 e. The third-order valence-corrected chi connectivity index (χ3v) is 1.26. The normalized spacial score (nSPS) is 15.3. The van der Waals surface area contributed by atoms with Crippen molar-refractivity contribution < 1.29 is 19.0 Å². The minimum absolute atomic E-state index is 0.0859. The van der Waals surface area contributed by atoms with Crippen LogP contribution in [0.2, 0.25) is 0 Å². The summed E-state index contributed by atoms with van der Waals surface area (Å²) in [6, 6.07) is 0. The summed E-state index contributed by atoms with van der Waals surface area (Å²) in [5.74, 6) is -0.410. The number of esters is 1. The highest BCUT2D eigenvalue weighted by molar-refractivity contribution is 9.09. The van der Waals surface area contributed by atoms with Gasteiger partial charge in [-0.1, -0.05) is 15.9 Å². The van der Waals surface area contributed by atoms with Crippen LogP contribution in [0.4, 0.5) is 0 Å². The summed E-state index contributed by atoms with van der Waals surface area (Å²) < 4.78 is 14.5. The first-order valence-electron chi connectivity index (χ1n) is 3.54. The Hall–Kier alpha value is -0.130. The zero-order chi connectivity index (χ0) is 9.56. The first kappa shape index (κ1) is 11.9. The van der Waals surface area contributed by atoms with Crippen LogP contribution in [0, 0.1) is 0 Å². The number of carbonyl (C=O) groups is 1. The van der Waals surface area contributed by atoms with Crippen LogP contribution in [-0.2, 0) is 19.0 Å². The van der Waals surface area contributed by atoms with Crippen molar-refractivity contribution in [2.45, 2.75) is 25.2 Å². The predicted molar refractivity (Wildman–Crippen MR) is 46.9 cm³/mol. The van der Waals surface area contributed by atoms with Gasteiger partial charge in [0.15, 0.2) is 6.29 Å². The SMILES string of the molecule is COC(=O)COC(C)OC(C)Br. The van der Waals surface area contributed by atoms with Crippen molar-refractivity contribution in [3.05, 3.63) is 0 Å². The summed E-state index contributed by atoms with van der Waals surface area (Å²) in [7, 11) is 1.31. The van der Waals surface area contributed by atoms with Crippen molar-refractivity contribution in [2.24, 2.45) is 0 Å². The van der Waals surface area contributed by atoms with Gasteiger partial charge >= 0.3 is 5.97 Å². The van der Waals surface area contributed by atoms with Gasteiger partial charge in [-0.25, -0.2) is 4.79 Å². The highest BCUT2D eigenvalue weighted by Crippen LogP contribution is 2.04. The Morgan fingerprint density at radius 3 is 2.50 bits per heavy atom. The van der Waals surface area contributed by atoms with Crippen molar-refractivity contribution in [1.82, 2.24) is 0 Å². The van der Waals surface area contributed by atoms with Crippen molar-refractivity contribution in [3.8, 4) is 0 Å². The summed E-state index contributed by atoms with van der Waals surface area (Å²) in [6.45, 7) is 3.44. The van der Waals surface area contributed by atoms with E-state index in [1.807, 2.05) is 6.92 Å². The van der Waals surface area contributed by atoms with Gasteiger partial charge in [-0.05, 0) is 13.8 Å². The van der Waals surface area contributed by atoms with Gasteiger partial charge in [-0.15, -0.1) is 0 Å². The summed E-state index contributed by atoms with van der Waals surface area (Å²) in [4.78, 5) is 10.6. The van der Waals surface area contributed by atoms with Crippen LogP contribution < -0.4 is 0 Å². The van der Waals surface area contributed by atoms with Crippen LogP contribution in [0.15, 0.2) is 0 Å². The molecule has 0 aromatic heterocycles. The van der Waals surface area contributed by atoms with Crippen LogP contribution in [-0.4, -0.2) is 31.0 Å². The molecular formula is C7H13BrO4. The molecule has 0 radical (unpaired) electrons. The number of hydrogen-bond donors (Lipinski definition) is 0. The Morgan fingerprint density at radius 2 is 2.08 bits per heavy atom. The Balaban J connectivity index is 3.43. The molecule has 4 nitrogen and oxygen atoms in total. The Labute approximate surface area is 80.3 Å². The maximum atomic E-state index is 10.6. The molecule has 0 bridgehead atoms. The zero-order valence-corrected chi connectivity index (χ0v) is 8.96. The van der Waals surface area contributed by atoms with Crippen LogP contribution in [0.25, 0.3) is 0 Å². The first-order valence-corrected chi connectivity index (χ1v) is 4.45. The average molecular weight is 241 g/mol. The average Bonchev–Trinajstić information content (AvgIpc) is 1.99. The summed E-state index contributed by atoms with van der Waals surface area (Å²) in [5.41, 5.74) is 0. The van der Waals surface area contributed by atoms with Gasteiger partial charge in [0, 0.05) is 0 Å². The van der Waals surface area contributed by atoms with E-state index < -0.39 is 12.3 Å². The van der Waals surface area contributed by atoms with Crippen molar-refractivity contribution >= 4 is 21.9 Å². The highest BCUT2D eigenvalue weighted by atomic mass is 79.9. The molecule has 0 amide bonds. The minimum atomic E-state index is -0.418. The molecule has 0 saturated carbocycles. The number of rotatable bonds is 5. The molecule has 2 atom stereocenters. The van der Waals surface area contributed by atoms with E-state index in [1.54, 1.807) is 6.92 Å². The van der Waals surface area contributed by atoms with Gasteiger partial charge in [0.05, 0.1) is 7.11 Å². The number of alkyl halides is 1. The topological polar surface area (TPSA) is 44.8 Å². The molecule has 0 aliphatic rings. The van der Waals surface area contributed by atoms with Gasteiger partial charge in [-0.2, -0.15) is 0 Å². The van der Waals surface area contributed by atoms with Crippen molar-refractivity contribution in [1.29, 1.82) is 0 Å². The molecule has 0 saturated heterocycles. The minimum Gasteiger partial charge on any atom is -0.467 e. The molecule has 0 aliphatic heterocycles. The number of halogens is 1. The Morgan fingerprint density at radius 1 is 1.50 bits per heavy atom. The van der Waals surface area contributed by atoms with Gasteiger partial charge in [0.25, 0.3) is 0 Å². The molecule has 5 heteroatoms. The van der Waals surface area contributed by atoms with E-state index in [-0.39, 0.29) is 11.6 Å². The smallest absolute Gasteiger partial charge is 0.331 e. The van der Waals surface area contributed by atoms with E-state index in [1.165, 1.54) is 7.11 Å². The van der Waals surface area contributed by atoms with Crippen molar-refractivity contribution in [3.63, 3.8) is 0 Å². The molecule has 0 aromatic rings. The molecule has 0 N–H and O–H groups in total. The van der Waals surface area contributed by atoms with Gasteiger partial charge < -0.3 is 14.2 Å². The summed E-state index contributed by atoms with van der Waals surface area (Å²) in [6.07, 6.45) is -0.418. The van der Waals surface area contributed by atoms with Gasteiger partial charge in [0.2, 0.25) is 0 Å². The van der Waals surface area contributed by atoms with Gasteiger partial charge in [-0.3, -0.25) is 0 Å². The second kappa shape index (κ2) is 6.39. The molecule has 12 heavy (non-hydrogen) atoms. The molecule has 0 fully saturated rings. The monoisotopic (exact) mass is 240 g/mol. The Bertz CT molecular complexity index is 137. The molecule has 72 valence electrons. The second-order valence-corrected chi connectivity index (χ2v) is 3.42. The second-order valence-electron chi connectivity index (χ2n) is 2.13. The first-order chi connectivity index (χ1) is 5.56. The van der Waals surface area contributed by atoms with E-state index >= 15 is 0 Å². The highest BCUT2D eigenvalue weighted by Gasteiger charge is 2.08. The molecule has 2 unspecified atom stereocenters. The van der Waals surface area contributed by atoms with E-state index in [4.69, 9.17) is 9.47 Å². The molecule has 0 spiro atoms. The fourth-order valence-corrected chi connectivity index (χ4v) is 0.852. The van der Waals surface area contributed by atoms with Crippen LogP contribution >= 0.6 is 15.9 Å². The fourth-order valence-electron chi connectivity index (χ4n) is 0.548. The zero-order valence-electron chi connectivity index (χ0n) is 7.37. The van der Waals surface area contributed by atoms with Gasteiger partial charge in [0.1, 0.15) is 11.6 Å². The van der Waals surface area contributed by atoms with E-state index in [0.717, 1.165) is 0 Å². The largest absolute Gasteiger partial charge is 0.467 e. The maximum absolute atomic E-state index is 10.6. The number of hydrogen-bond acceptors (Lipinski definition) is 4. The quantitative estimate of drug-likeness (QED) is 0.413. The number of methoxy groups -OCH3 is 1. The van der Waals surface area contributed by atoms with Crippen LogP contribution in [0.1, 0.15) is 13.8 Å². The van der Waals surface area contributed by atoms with E-state index in [9.17, 15) is 4.79 Å². The lowest BCUT2D eigenvalue weighted by molar-refractivity contribution is -0.167. The third kappa shape index (κ3) is 6.57. The lowest BCUT2D eigenvalue weighted by Gasteiger charge is -2.14. The van der Waals surface area contributed by atoms with Crippen molar-refractivity contribution in [2.75, 3.05) is 13.7 Å². The summed E-state index contributed by atoms with van der Waals surface area (Å²) in [5, 5.41) is -0.0925. The van der Waals surface area contributed by atoms with Crippen LogP contribution in [0.3, 0.4) is 0 Å². The van der Waals surface area contributed by atoms with E-state index in [2.05, 4.69) is 20.7 Å². The fraction of sp³-hybridized carbons (Fsp3) is 0.857. The third-order valence-electron chi connectivity index (χ3n) is 1.04. The van der Waals surface area contributed by atoms with Crippen LogP contribution in [0.5, 0.6) is 0 Å². The standard InChI is InChI=1S/C7H13BrO4/c1-5(8)12-6(2)11-4-7(9)10-3/h5-6H,4H2,1-3H3. The molecule has 0 rings (SSSR count). The number of carbonyl (C=O) groups excluding carboxylic acids is 1. The number of ether oxygens (including phenoxy) is 3. The predicted octanol–water partition coefficient (Wildman–Crippen LogP) is 1.28. The Kier molecular flexibility index (Phi) is 6.32. The lowest BCUT2D eigenvalue weighted by atomic mass is 10.7. The lowest BCUT2D eigenvalue weighted by Crippen LogP contribution is -2.21. The molecule has 0 heterocycles. The molecular weight excluding hydrogens is 228 g/mol. The van der Waals surface area contributed by atoms with E-state index in [0.29, 0.717) is 0 Å².